The molecule has 158 valence electrons. The molecule has 1 N–H and O–H groups in total. The van der Waals surface area contributed by atoms with Crippen LogP contribution in [0.2, 0.25) is 5.02 Å². The van der Waals surface area contributed by atoms with E-state index in [0.717, 1.165) is 15.4 Å². The van der Waals surface area contributed by atoms with E-state index in [9.17, 15) is 13.2 Å². The third kappa shape index (κ3) is 4.56. The lowest BCUT2D eigenvalue weighted by Crippen LogP contribution is -2.24. The molecule has 0 fully saturated rings. The van der Waals surface area contributed by atoms with Crippen LogP contribution in [-0.4, -0.2) is 42.5 Å². The molecule has 0 aliphatic rings. The maximum atomic E-state index is 12.9. The van der Waals surface area contributed by atoms with Crippen molar-refractivity contribution < 1.29 is 13.2 Å². The Morgan fingerprint density at radius 2 is 1.80 bits per heavy atom. The molecule has 0 saturated heterocycles. The number of carbonyl (C=O) groups is 1. The molecule has 0 saturated carbocycles. The van der Waals surface area contributed by atoms with Crippen molar-refractivity contribution in [1.82, 2.24) is 14.1 Å². The van der Waals surface area contributed by atoms with Crippen LogP contribution in [0.25, 0.3) is 0 Å². The zero-order chi connectivity index (χ0) is 22.1. The molecule has 9 heteroatoms. The number of hydrogen-bond donors (Lipinski definition) is 1. The second-order valence-corrected chi connectivity index (χ2v) is 9.72. The Bertz CT molecular complexity index is 1190. The number of benzene rings is 2. The van der Waals surface area contributed by atoms with Crippen molar-refractivity contribution in [3.05, 3.63) is 75.9 Å². The van der Waals surface area contributed by atoms with E-state index in [4.69, 9.17) is 11.6 Å². The van der Waals surface area contributed by atoms with Crippen molar-refractivity contribution in [3.8, 4) is 0 Å². The van der Waals surface area contributed by atoms with Crippen molar-refractivity contribution in [3.63, 3.8) is 0 Å². The molecule has 1 amide bonds. The molecular formula is C21H23ClN4O3S. The first-order valence-electron chi connectivity index (χ1n) is 9.21. The van der Waals surface area contributed by atoms with Crippen LogP contribution >= 0.6 is 11.6 Å². The number of aromatic nitrogens is 2. The predicted molar refractivity (Wildman–Crippen MR) is 118 cm³/mol. The van der Waals surface area contributed by atoms with E-state index in [2.05, 4.69) is 10.4 Å². The van der Waals surface area contributed by atoms with Crippen LogP contribution in [0.5, 0.6) is 0 Å². The number of aryl methyl sites for hydroxylation is 1. The van der Waals surface area contributed by atoms with Crippen LogP contribution < -0.4 is 5.32 Å². The van der Waals surface area contributed by atoms with Gasteiger partial charge in [-0.1, -0.05) is 23.7 Å². The first-order valence-corrected chi connectivity index (χ1v) is 11.0. The fourth-order valence-corrected chi connectivity index (χ4v) is 4.28. The minimum Gasteiger partial charge on any atom is -0.307 e. The predicted octanol–water partition coefficient (Wildman–Crippen LogP) is 3.70. The fourth-order valence-electron chi connectivity index (χ4n) is 2.94. The van der Waals surface area contributed by atoms with Crippen molar-refractivity contribution in [2.24, 2.45) is 0 Å². The summed E-state index contributed by atoms with van der Waals surface area (Å²) in [5.74, 6) is 0.0938. The Morgan fingerprint density at radius 3 is 2.43 bits per heavy atom. The van der Waals surface area contributed by atoms with E-state index in [0.29, 0.717) is 22.9 Å². The van der Waals surface area contributed by atoms with Crippen LogP contribution in [0.3, 0.4) is 0 Å². The van der Waals surface area contributed by atoms with E-state index >= 15 is 0 Å². The molecule has 0 spiro atoms. The van der Waals surface area contributed by atoms with Gasteiger partial charge in [-0.05, 0) is 54.8 Å². The third-order valence-corrected chi connectivity index (χ3v) is 7.04. The Labute approximate surface area is 181 Å². The number of nitrogens with one attached hydrogen (secondary N) is 1. The molecule has 30 heavy (non-hydrogen) atoms. The van der Waals surface area contributed by atoms with E-state index in [-0.39, 0.29) is 10.5 Å². The Hall–Kier alpha value is -2.68. The van der Waals surface area contributed by atoms with Crippen molar-refractivity contribution in [1.29, 1.82) is 0 Å². The summed E-state index contributed by atoms with van der Waals surface area (Å²) < 4.78 is 28.1. The summed E-state index contributed by atoms with van der Waals surface area (Å²) >= 11 is 5.92. The fraction of sp³-hybridized carbons (Fsp3) is 0.238. The van der Waals surface area contributed by atoms with Gasteiger partial charge in [-0.3, -0.25) is 4.79 Å². The molecule has 0 aliphatic heterocycles. The number of nitrogens with zero attached hydrogens (tertiary/aromatic N) is 3. The van der Waals surface area contributed by atoms with Crippen LogP contribution in [0.4, 0.5) is 5.82 Å². The molecule has 1 aromatic heterocycles. The summed E-state index contributed by atoms with van der Waals surface area (Å²) in [4.78, 5) is 13.0. The molecule has 0 aliphatic carbocycles. The van der Waals surface area contributed by atoms with Crippen LogP contribution in [-0.2, 0) is 16.6 Å². The molecule has 0 unspecified atom stereocenters. The van der Waals surface area contributed by atoms with Gasteiger partial charge >= 0.3 is 0 Å². The SMILES string of the molecule is Cc1cc(C(=O)Nc2ccnn2Cc2ccc(Cl)cc2)cc(S(=O)(=O)N(C)C)c1C. The van der Waals surface area contributed by atoms with Gasteiger partial charge < -0.3 is 5.32 Å². The lowest BCUT2D eigenvalue weighted by molar-refractivity contribution is 0.102. The number of amides is 1. The summed E-state index contributed by atoms with van der Waals surface area (Å²) in [5.41, 5.74) is 2.58. The second kappa shape index (κ2) is 8.59. The van der Waals surface area contributed by atoms with Crippen LogP contribution in [0.15, 0.2) is 53.6 Å². The Morgan fingerprint density at radius 1 is 1.13 bits per heavy atom. The van der Waals surface area contributed by atoms with E-state index < -0.39 is 15.9 Å². The van der Waals surface area contributed by atoms with Gasteiger partial charge in [-0.25, -0.2) is 17.4 Å². The Kier molecular flexibility index (Phi) is 6.30. The average Bonchev–Trinajstić information content (AvgIpc) is 3.11. The molecule has 7 nitrogen and oxygen atoms in total. The minimum atomic E-state index is -3.68. The zero-order valence-corrected chi connectivity index (χ0v) is 18.8. The summed E-state index contributed by atoms with van der Waals surface area (Å²) in [7, 11) is -0.747. The zero-order valence-electron chi connectivity index (χ0n) is 17.2. The highest BCUT2D eigenvalue weighted by molar-refractivity contribution is 7.89. The second-order valence-electron chi connectivity index (χ2n) is 7.16. The maximum Gasteiger partial charge on any atom is 0.256 e. The molecule has 0 bridgehead atoms. The van der Waals surface area contributed by atoms with Gasteiger partial charge in [0, 0.05) is 30.7 Å². The molecule has 2 aromatic carbocycles. The number of sulfonamides is 1. The van der Waals surface area contributed by atoms with Crippen LogP contribution in [0.1, 0.15) is 27.0 Å². The number of anilines is 1. The maximum absolute atomic E-state index is 12.9. The molecular weight excluding hydrogens is 424 g/mol. The lowest BCUT2D eigenvalue weighted by atomic mass is 10.1. The van der Waals surface area contributed by atoms with Gasteiger partial charge in [0.1, 0.15) is 5.82 Å². The summed E-state index contributed by atoms with van der Waals surface area (Å²) in [6.45, 7) is 3.97. The monoisotopic (exact) mass is 446 g/mol. The largest absolute Gasteiger partial charge is 0.307 e. The van der Waals surface area contributed by atoms with E-state index in [1.165, 1.54) is 20.2 Å². The van der Waals surface area contributed by atoms with Crippen LogP contribution in [0, 0.1) is 13.8 Å². The van der Waals surface area contributed by atoms with Crippen molar-refractivity contribution in [2.45, 2.75) is 25.3 Å². The first kappa shape index (κ1) is 22.0. The molecule has 1 heterocycles. The standard InChI is InChI=1S/C21H23ClN4O3S/c1-14-11-17(12-19(15(14)2)30(28,29)25(3)4)21(27)24-20-9-10-23-26(20)13-16-5-7-18(22)8-6-16/h5-12H,13H2,1-4H3,(H,24,27). The van der Waals surface area contributed by atoms with Gasteiger partial charge in [0.25, 0.3) is 5.91 Å². The van der Waals surface area contributed by atoms with Gasteiger partial charge in [0.15, 0.2) is 0 Å². The van der Waals surface area contributed by atoms with Crippen molar-refractivity contribution >= 4 is 33.3 Å². The molecule has 3 rings (SSSR count). The average molecular weight is 447 g/mol. The number of rotatable bonds is 6. The topological polar surface area (TPSA) is 84.3 Å². The normalized spacial score (nSPS) is 11.7. The molecule has 0 radical (unpaired) electrons. The highest BCUT2D eigenvalue weighted by Gasteiger charge is 2.23. The molecule has 0 atom stereocenters. The van der Waals surface area contributed by atoms with Crippen molar-refractivity contribution in [2.75, 3.05) is 19.4 Å². The first-order chi connectivity index (χ1) is 14.1. The van der Waals surface area contributed by atoms with Gasteiger partial charge in [0.2, 0.25) is 10.0 Å². The number of hydrogen-bond acceptors (Lipinski definition) is 4. The van der Waals surface area contributed by atoms with E-state index in [1.54, 1.807) is 49.0 Å². The lowest BCUT2D eigenvalue weighted by Gasteiger charge is -2.17. The van der Waals surface area contributed by atoms with Gasteiger partial charge in [-0.2, -0.15) is 5.10 Å². The summed E-state index contributed by atoms with van der Waals surface area (Å²) in [6.07, 6.45) is 1.59. The highest BCUT2D eigenvalue weighted by Crippen LogP contribution is 2.24. The molecule has 3 aromatic rings. The van der Waals surface area contributed by atoms with Gasteiger partial charge in [-0.15, -0.1) is 0 Å². The highest BCUT2D eigenvalue weighted by atomic mass is 35.5. The van der Waals surface area contributed by atoms with Gasteiger partial charge in [0.05, 0.1) is 17.6 Å². The minimum absolute atomic E-state index is 0.118. The quantitative estimate of drug-likeness (QED) is 0.625. The number of carbonyl (C=O) groups excluding carboxylic acids is 1. The van der Waals surface area contributed by atoms with E-state index in [1.807, 2.05) is 12.1 Å². The summed E-state index contributed by atoms with van der Waals surface area (Å²) in [6, 6.07) is 12.1. The Balaban J connectivity index is 1.88. The number of halogens is 1. The smallest absolute Gasteiger partial charge is 0.256 e. The summed E-state index contributed by atoms with van der Waals surface area (Å²) in [5, 5.41) is 7.72. The third-order valence-electron chi connectivity index (χ3n) is 4.84.